The molecule has 38 heavy (non-hydrogen) atoms. The average Bonchev–Trinajstić information content (AvgIpc) is 2.94. The van der Waals surface area contributed by atoms with E-state index >= 15 is 0 Å². The number of hydrogen-bond donors (Lipinski definition) is 1. The standard InChI is InChI=1S/C30H31N5O3/c1-21-8-7-11-26(22(21)2)38-27-20-31-35(25-9-5-4-6-10-25)30(37)28(27)32-24-14-12-23(13-15-24)29(36)34-18-16-33(3)17-19-34/h4-15,20,32H,16-19H2,1-3H3. The van der Waals surface area contributed by atoms with Crippen LogP contribution in [0.3, 0.4) is 0 Å². The summed E-state index contributed by atoms with van der Waals surface area (Å²) < 4.78 is 7.55. The zero-order chi connectivity index (χ0) is 26.6. The highest BCUT2D eigenvalue weighted by molar-refractivity contribution is 5.94. The quantitative estimate of drug-likeness (QED) is 0.403. The Kier molecular flexibility index (Phi) is 7.24. The minimum absolute atomic E-state index is 0.0129. The number of nitrogens with one attached hydrogen (secondary N) is 1. The van der Waals surface area contributed by atoms with Crippen molar-refractivity contribution in [1.82, 2.24) is 19.6 Å². The minimum Gasteiger partial charge on any atom is -0.453 e. The summed E-state index contributed by atoms with van der Waals surface area (Å²) in [6, 6.07) is 22.2. The van der Waals surface area contributed by atoms with Crippen LogP contribution in [0.15, 0.2) is 83.8 Å². The highest BCUT2D eigenvalue weighted by atomic mass is 16.5. The van der Waals surface area contributed by atoms with E-state index in [2.05, 4.69) is 22.4 Å². The maximum absolute atomic E-state index is 13.6. The van der Waals surface area contributed by atoms with Gasteiger partial charge in [0.15, 0.2) is 11.4 Å². The summed E-state index contributed by atoms with van der Waals surface area (Å²) in [6.07, 6.45) is 1.55. The third-order valence-corrected chi connectivity index (χ3v) is 6.91. The lowest BCUT2D eigenvalue weighted by Crippen LogP contribution is -2.47. The Morgan fingerprint density at radius 2 is 1.58 bits per heavy atom. The first kappa shape index (κ1) is 25.2. The maximum atomic E-state index is 13.6. The minimum atomic E-state index is -0.350. The molecular weight excluding hydrogens is 478 g/mol. The molecule has 1 aliphatic heterocycles. The maximum Gasteiger partial charge on any atom is 0.299 e. The van der Waals surface area contributed by atoms with E-state index in [1.165, 1.54) is 4.68 Å². The first-order valence-electron chi connectivity index (χ1n) is 12.7. The van der Waals surface area contributed by atoms with E-state index in [0.717, 1.165) is 24.2 Å². The summed E-state index contributed by atoms with van der Waals surface area (Å²) in [5.74, 6) is 0.979. The first-order valence-corrected chi connectivity index (χ1v) is 12.7. The van der Waals surface area contributed by atoms with Gasteiger partial charge >= 0.3 is 0 Å². The van der Waals surface area contributed by atoms with Gasteiger partial charge in [-0.1, -0.05) is 30.3 Å². The molecule has 4 aromatic rings. The van der Waals surface area contributed by atoms with Gasteiger partial charge in [0.25, 0.3) is 11.5 Å². The normalized spacial score (nSPS) is 13.8. The number of hydrogen-bond acceptors (Lipinski definition) is 6. The van der Waals surface area contributed by atoms with E-state index < -0.39 is 0 Å². The number of carbonyl (C=O) groups excluding carboxylic acids is 1. The second-order valence-corrected chi connectivity index (χ2v) is 9.53. The van der Waals surface area contributed by atoms with E-state index in [9.17, 15) is 9.59 Å². The molecule has 0 saturated carbocycles. The van der Waals surface area contributed by atoms with Crippen molar-refractivity contribution in [1.29, 1.82) is 0 Å². The van der Waals surface area contributed by atoms with Crippen molar-refractivity contribution < 1.29 is 9.53 Å². The van der Waals surface area contributed by atoms with Crippen LogP contribution in [-0.2, 0) is 0 Å². The molecule has 1 aromatic heterocycles. The molecule has 1 amide bonds. The number of nitrogens with zero attached hydrogens (tertiary/aromatic N) is 4. The molecule has 0 radical (unpaired) electrons. The number of amides is 1. The summed E-state index contributed by atoms with van der Waals surface area (Å²) in [5, 5.41) is 7.61. The lowest BCUT2D eigenvalue weighted by molar-refractivity contribution is 0.0664. The van der Waals surface area contributed by atoms with Gasteiger partial charge in [0.2, 0.25) is 0 Å². The molecule has 0 spiro atoms. The van der Waals surface area contributed by atoms with Gasteiger partial charge in [-0.15, -0.1) is 0 Å². The number of benzene rings is 3. The number of aryl methyl sites for hydroxylation is 1. The molecule has 5 rings (SSSR count). The molecule has 1 fully saturated rings. The predicted octanol–water partition coefficient (Wildman–Crippen LogP) is 4.77. The van der Waals surface area contributed by atoms with Crippen LogP contribution in [0.2, 0.25) is 0 Å². The number of likely N-dealkylation sites (N-methyl/N-ethyl adjacent to an activating group) is 1. The van der Waals surface area contributed by atoms with Crippen LogP contribution in [0.25, 0.3) is 5.69 Å². The van der Waals surface area contributed by atoms with Crippen LogP contribution in [0.1, 0.15) is 21.5 Å². The fraction of sp³-hybridized carbons (Fsp3) is 0.233. The Balaban J connectivity index is 1.46. The third-order valence-electron chi connectivity index (χ3n) is 6.91. The lowest BCUT2D eigenvalue weighted by Gasteiger charge is -2.32. The molecule has 1 N–H and O–H groups in total. The third kappa shape index (κ3) is 5.31. The van der Waals surface area contributed by atoms with Crippen molar-refractivity contribution in [2.75, 3.05) is 38.5 Å². The SMILES string of the molecule is Cc1cccc(Oc2cnn(-c3ccccc3)c(=O)c2Nc2ccc(C(=O)N3CCN(C)CC3)cc2)c1C. The Morgan fingerprint density at radius 3 is 2.29 bits per heavy atom. The average molecular weight is 510 g/mol. The fourth-order valence-electron chi connectivity index (χ4n) is 4.37. The van der Waals surface area contributed by atoms with Crippen molar-refractivity contribution in [2.45, 2.75) is 13.8 Å². The molecular formula is C30H31N5O3. The molecule has 0 atom stereocenters. The smallest absolute Gasteiger partial charge is 0.299 e. The van der Waals surface area contributed by atoms with Gasteiger partial charge < -0.3 is 19.9 Å². The molecule has 194 valence electrons. The van der Waals surface area contributed by atoms with E-state index in [4.69, 9.17) is 4.74 Å². The van der Waals surface area contributed by atoms with E-state index in [1.54, 1.807) is 30.5 Å². The highest BCUT2D eigenvalue weighted by Crippen LogP contribution is 2.31. The lowest BCUT2D eigenvalue weighted by atomic mass is 10.1. The van der Waals surface area contributed by atoms with Crippen molar-refractivity contribution in [3.63, 3.8) is 0 Å². The van der Waals surface area contributed by atoms with Gasteiger partial charge in [-0.25, -0.2) is 0 Å². The van der Waals surface area contributed by atoms with Crippen molar-refractivity contribution >= 4 is 17.3 Å². The molecule has 0 bridgehead atoms. The molecule has 1 saturated heterocycles. The van der Waals surface area contributed by atoms with Crippen molar-refractivity contribution in [2.24, 2.45) is 0 Å². The number of anilines is 2. The summed E-state index contributed by atoms with van der Waals surface area (Å²) in [7, 11) is 2.06. The fourth-order valence-corrected chi connectivity index (χ4v) is 4.37. The van der Waals surface area contributed by atoms with Gasteiger partial charge in [-0.2, -0.15) is 9.78 Å². The number of para-hydroxylation sites is 1. The Morgan fingerprint density at radius 1 is 0.868 bits per heavy atom. The second-order valence-electron chi connectivity index (χ2n) is 9.53. The number of ether oxygens (including phenoxy) is 1. The summed E-state index contributed by atoms with van der Waals surface area (Å²) in [5.41, 5.74) is 3.89. The molecule has 0 unspecified atom stereocenters. The zero-order valence-corrected chi connectivity index (χ0v) is 21.8. The van der Waals surface area contributed by atoms with Crippen LogP contribution >= 0.6 is 0 Å². The van der Waals surface area contributed by atoms with Crippen LogP contribution in [0.4, 0.5) is 11.4 Å². The van der Waals surface area contributed by atoms with Crippen molar-refractivity contribution in [3.8, 4) is 17.2 Å². The predicted molar refractivity (Wildman–Crippen MR) is 149 cm³/mol. The van der Waals surface area contributed by atoms with E-state index in [-0.39, 0.29) is 17.2 Å². The number of piperazine rings is 1. The van der Waals surface area contributed by atoms with Crippen LogP contribution < -0.4 is 15.6 Å². The number of rotatable bonds is 6. The first-order chi connectivity index (χ1) is 18.4. The second kappa shape index (κ2) is 10.9. The molecule has 8 heteroatoms. The van der Waals surface area contributed by atoms with Crippen molar-refractivity contribution in [3.05, 3.63) is 106 Å². The molecule has 0 aliphatic carbocycles. The summed E-state index contributed by atoms with van der Waals surface area (Å²) in [4.78, 5) is 30.7. The number of carbonyl (C=O) groups is 1. The number of aromatic nitrogens is 2. The Hall–Kier alpha value is -4.43. The summed E-state index contributed by atoms with van der Waals surface area (Å²) in [6.45, 7) is 7.15. The van der Waals surface area contributed by atoms with E-state index in [0.29, 0.717) is 41.5 Å². The molecule has 3 aromatic carbocycles. The van der Waals surface area contributed by atoms with Gasteiger partial charge in [0, 0.05) is 37.4 Å². The molecule has 2 heterocycles. The zero-order valence-electron chi connectivity index (χ0n) is 21.8. The topological polar surface area (TPSA) is 79.7 Å². The molecule has 1 aliphatic rings. The Labute approximate surface area is 222 Å². The van der Waals surface area contributed by atoms with Gasteiger partial charge in [0.05, 0.1) is 11.9 Å². The van der Waals surface area contributed by atoms with Gasteiger partial charge in [0.1, 0.15) is 5.75 Å². The van der Waals surface area contributed by atoms with Crippen LogP contribution in [0.5, 0.6) is 11.5 Å². The monoisotopic (exact) mass is 509 g/mol. The molecule has 8 nitrogen and oxygen atoms in total. The van der Waals surface area contributed by atoms with E-state index in [1.807, 2.05) is 67.3 Å². The summed E-state index contributed by atoms with van der Waals surface area (Å²) >= 11 is 0. The largest absolute Gasteiger partial charge is 0.453 e. The van der Waals surface area contributed by atoms with Crippen LogP contribution in [-0.4, -0.2) is 58.7 Å². The highest BCUT2D eigenvalue weighted by Gasteiger charge is 2.21. The van der Waals surface area contributed by atoms with Gasteiger partial charge in [-0.05, 0) is 74.5 Å². The van der Waals surface area contributed by atoms with Crippen LogP contribution in [0, 0.1) is 13.8 Å². The Bertz CT molecular complexity index is 1490. The van der Waals surface area contributed by atoms with Gasteiger partial charge in [-0.3, -0.25) is 9.59 Å².